The summed E-state index contributed by atoms with van der Waals surface area (Å²) in [5, 5.41) is 49.5. The number of hydrogen-bond acceptors (Lipinski definition) is 7. The first-order chi connectivity index (χ1) is 7.65. The van der Waals surface area contributed by atoms with Gasteiger partial charge in [-0.25, -0.2) is 0 Å². The third-order valence-corrected chi connectivity index (χ3v) is 1.67. The topological polar surface area (TPSA) is 125 Å². The molecule has 7 nitrogen and oxygen atoms in total. The normalized spacial score (nSPS) is 9.88. The van der Waals surface area contributed by atoms with E-state index in [1.54, 1.807) is 4.90 Å². The first kappa shape index (κ1) is 22.9. The molecule has 0 unspecified atom stereocenters. The summed E-state index contributed by atoms with van der Waals surface area (Å²) in [5.41, 5.74) is 0. The Balaban J connectivity index is -0.000000244. The van der Waals surface area contributed by atoms with Crippen LogP contribution in [0.3, 0.4) is 0 Å². The Morgan fingerprint density at radius 3 is 1.12 bits per heavy atom. The van der Waals surface area contributed by atoms with E-state index in [2.05, 4.69) is 0 Å². The molecule has 0 saturated carbocycles. The van der Waals surface area contributed by atoms with Crippen LogP contribution in [0.4, 0.5) is 0 Å². The predicted molar refractivity (Wildman–Crippen MR) is 65.0 cm³/mol. The van der Waals surface area contributed by atoms with Gasteiger partial charge in [0.15, 0.2) is 0 Å². The van der Waals surface area contributed by atoms with Crippen molar-refractivity contribution in [2.45, 2.75) is 6.10 Å². The second-order valence-electron chi connectivity index (χ2n) is 3.03. The van der Waals surface area contributed by atoms with E-state index in [1.165, 1.54) is 0 Å². The number of hydrogen-bond donors (Lipinski definition) is 6. The molecule has 0 radical (unpaired) electrons. The minimum atomic E-state index is -0.954. The molecule has 0 spiro atoms. The van der Waals surface area contributed by atoms with Gasteiger partial charge in [0.2, 0.25) is 0 Å². The van der Waals surface area contributed by atoms with Gasteiger partial charge >= 0.3 is 29.6 Å². The van der Waals surface area contributed by atoms with Crippen molar-refractivity contribution in [3.8, 4) is 0 Å². The van der Waals surface area contributed by atoms with E-state index in [1.807, 2.05) is 0 Å². The Hall–Kier alpha value is 0.720. The predicted octanol–water partition coefficient (Wildman–Crippen LogP) is -4.05. The van der Waals surface area contributed by atoms with Crippen molar-refractivity contribution in [1.29, 1.82) is 0 Å². The molecule has 0 bridgehead atoms. The van der Waals surface area contributed by atoms with Crippen LogP contribution in [0.25, 0.3) is 0 Å². The standard InChI is InChI=1S/C6H15NO3.C3H8O3.Na.H/c8-4-1-7(2-5-9)3-6-10;4-1-3(6)2-5;;/h8-10H,1-6H2;3-6H,1-2H2;;. The van der Waals surface area contributed by atoms with Gasteiger partial charge in [0.1, 0.15) is 6.10 Å². The Labute approximate surface area is 124 Å². The van der Waals surface area contributed by atoms with E-state index in [9.17, 15) is 0 Å². The van der Waals surface area contributed by atoms with Crippen LogP contribution < -0.4 is 0 Å². The van der Waals surface area contributed by atoms with Crippen molar-refractivity contribution >= 4 is 29.6 Å². The average molecular weight is 265 g/mol. The molecule has 0 amide bonds. The number of nitrogens with zero attached hydrogens (tertiary/aromatic N) is 1. The summed E-state index contributed by atoms with van der Waals surface area (Å²) >= 11 is 0. The van der Waals surface area contributed by atoms with E-state index in [0.29, 0.717) is 19.6 Å². The van der Waals surface area contributed by atoms with Crippen LogP contribution in [-0.4, -0.2) is 124 Å². The molecule has 0 aromatic heterocycles. The molecule has 0 aliphatic rings. The minimum absolute atomic E-state index is 0. The van der Waals surface area contributed by atoms with Crippen LogP contribution in [-0.2, 0) is 0 Å². The first-order valence-corrected chi connectivity index (χ1v) is 5.10. The zero-order valence-corrected chi connectivity index (χ0v) is 9.36. The molecule has 0 aliphatic heterocycles. The SMILES string of the molecule is OCC(O)CO.OCCN(CCO)CCO.[NaH]. The molecule has 0 saturated heterocycles. The van der Waals surface area contributed by atoms with Gasteiger partial charge in [0.05, 0.1) is 33.0 Å². The van der Waals surface area contributed by atoms with Crippen molar-refractivity contribution in [3.05, 3.63) is 0 Å². The third kappa shape index (κ3) is 19.2. The molecule has 17 heavy (non-hydrogen) atoms. The van der Waals surface area contributed by atoms with Crippen LogP contribution in [0, 0.1) is 0 Å². The van der Waals surface area contributed by atoms with Crippen molar-refractivity contribution in [1.82, 2.24) is 4.90 Å². The molecule has 6 N–H and O–H groups in total. The summed E-state index contributed by atoms with van der Waals surface area (Å²) < 4.78 is 0. The van der Waals surface area contributed by atoms with Gasteiger partial charge in [-0.15, -0.1) is 0 Å². The van der Waals surface area contributed by atoms with Crippen LogP contribution in [0.15, 0.2) is 0 Å². The van der Waals surface area contributed by atoms with Crippen molar-refractivity contribution in [2.24, 2.45) is 0 Å². The van der Waals surface area contributed by atoms with Crippen LogP contribution in [0.5, 0.6) is 0 Å². The number of rotatable bonds is 8. The summed E-state index contributed by atoms with van der Waals surface area (Å²) in [7, 11) is 0. The fourth-order valence-corrected chi connectivity index (χ4v) is 0.817. The second kappa shape index (κ2) is 19.1. The molecule has 102 valence electrons. The summed E-state index contributed by atoms with van der Waals surface area (Å²) in [6.07, 6.45) is -0.954. The molecule has 8 heteroatoms. The number of aliphatic hydroxyl groups excluding tert-OH is 6. The van der Waals surface area contributed by atoms with Gasteiger partial charge in [-0.2, -0.15) is 0 Å². The summed E-state index contributed by atoms with van der Waals surface area (Å²) in [6, 6.07) is 0. The maximum atomic E-state index is 8.48. The quantitative estimate of drug-likeness (QED) is 0.247. The molecule has 0 aromatic rings. The van der Waals surface area contributed by atoms with Gasteiger partial charge < -0.3 is 30.6 Å². The Morgan fingerprint density at radius 2 is 1.00 bits per heavy atom. The van der Waals surface area contributed by atoms with E-state index in [0.717, 1.165) is 0 Å². The summed E-state index contributed by atoms with van der Waals surface area (Å²) in [6.45, 7) is 1.02. The van der Waals surface area contributed by atoms with Gasteiger partial charge in [0.25, 0.3) is 0 Å². The van der Waals surface area contributed by atoms with E-state index in [-0.39, 0.29) is 62.6 Å². The Morgan fingerprint density at radius 1 is 0.706 bits per heavy atom. The first-order valence-electron chi connectivity index (χ1n) is 5.10. The van der Waals surface area contributed by atoms with Gasteiger partial charge in [0, 0.05) is 19.6 Å². The average Bonchev–Trinajstić information content (AvgIpc) is 2.30. The molecular weight excluding hydrogens is 241 g/mol. The van der Waals surface area contributed by atoms with Crippen LogP contribution in [0.2, 0.25) is 0 Å². The molecule has 0 fully saturated rings. The summed E-state index contributed by atoms with van der Waals surface area (Å²) in [5.74, 6) is 0. The molecule has 0 rings (SSSR count). The van der Waals surface area contributed by atoms with Crippen molar-refractivity contribution in [2.75, 3.05) is 52.7 Å². The maximum absolute atomic E-state index is 8.48. The Kier molecular flexibility index (Phi) is 25.6. The fourth-order valence-electron chi connectivity index (χ4n) is 0.817. The molecular formula is C9H24NNaO6. The molecule has 0 atom stereocenters. The zero-order valence-electron chi connectivity index (χ0n) is 9.36. The summed E-state index contributed by atoms with van der Waals surface area (Å²) in [4.78, 5) is 1.79. The van der Waals surface area contributed by atoms with Crippen molar-refractivity contribution in [3.63, 3.8) is 0 Å². The van der Waals surface area contributed by atoms with Crippen LogP contribution in [0.1, 0.15) is 0 Å². The van der Waals surface area contributed by atoms with Gasteiger partial charge in [-0.05, 0) is 0 Å². The molecule has 0 aliphatic carbocycles. The monoisotopic (exact) mass is 265 g/mol. The van der Waals surface area contributed by atoms with Gasteiger partial charge in [-0.1, -0.05) is 0 Å². The van der Waals surface area contributed by atoms with Crippen molar-refractivity contribution < 1.29 is 30.6 Å². The zero-order chi connectivity index (χ0) is 12.8. The number of aliphatic hydroxyl groups is 6. The van der Waals surface area contributed by atoms with E-state index < -0.39 is 6.10 Å². The molecule has 0 heterocycles. The fraction of sp³-hybridized carbons (Fsp3) is 1.00. The molecule has 0 aromatic carbocycles. The van der Waals surface area contributed by atoms with Crippen LogP contribution >= 0.6 is 0 Å². The van der Waals surface area contributed by atoms with E-state index >= 15 is 0 Å². The van der Waals surface area contributed by atoms with Gasteiger partial charge in [-0.3, -0.25) is 4.90 Å². The third-order valence-electron chi connectivity index (χ3n) is 1.67. The Bertz CT molecular complexity index is 114. The van der Waals surface area contributed by atoms with E-state index in [4.69, 9.17) is 30.6 Å². The second-order valence-corrected chi connectivity index (χ2v) is 3.03.